The van der Waals surface area contributed by atoms with Crippen molar-refractivity contribution in [3.63, 3.8) is 0 Å². The Bertz CT molecular complexity index is 448. The number of aromatic amines is 1. The Hall–Kier alpha value is -1.40. The lowest BCUT2D eigenvalue weighted by Gasteiger charge is -2.26. The molecule has 1 saturated heterocycles. The zero-order valence-corrected chi connectivity index (χ0v) is 11.8. The number of carbonyl (C=O) groups excluding carboxylic acids is 1. The smallest absolute Gasteiger partial charge is 0.271 e. The predicted octanol–water partition coefficient (Wildman–Crippen LogP) is 0.312. The van der Waals surface area contributed by atoms with Gasteiger partial charge in [0.05, 0.1) is 0 Å². The van der Waals surface area contributed by atoms with Crippen LogP contribution < -0.4 is 10.6 Å². The van der Waals surface area contributed by atoms with Gasteiger partial charge in [-0.25, -0.2) is 0 Å². The first-order chi connectivity index (χ1) is 9.83. The SMILES string of the molecule is O=C(NCCCN1CCNCC1)c1cc(C2CC2)[nH]n1. The molecule has 20 heavy (non-hydrogen) atoms. The molecule has 0 radical (unpaired) electrons. The van der Waals surface area contributed by atoms with E-state index in [1.807, 2.05) is 6.07 Å². The normalized spacial score (nSPS) is 20.0. The van der Waals surface area contributed by atoms with Crippen molar-refractivity contribution in [2.75, 3.05) is 39.3 Å². The van der Waals surface area contributed by atoms with Gasteiger partial charge in [0.2, 0.25) is 0 Å². The third kappa shape index (κ3) is 3.58. The van der Waals surface area contributed by atoms with Gasteiger partial charge in [-0.1, -0.05) is 0 Å². The summed E-state index contributed by atoms with van der Waals surface area (Å²) in [5.74, 6) is 0.547. The van der Waals surface area contributed by atoms with Crippen molar-refractivity contribution < 1.29 is 4.79 Å². The lowest BCUT2D eigenvalue weighted by Crippen LogP contribution is -2.44. The number of nitrogens with one attached hydrogen (secondary N) is 3. The molecule has 0 bridgehead atoms. The van der Waals surface area contributed by atoms with Crippen LogP contribution in [-0.4, -0.2) is 60.3 Å². The fourth-order valence-corrected chi connectivity index (χ4v) is 2.59. The summed E-state index contributed by atoms with van der Waals surface area (Å²) in [4.78, 5) is 14.4. The minimum atomic E-state index is -0.0616. The summed E-state index contributed by atoms with van der Waals surface area (Å²) in [5, 5.41) is 13.3. The Balaban J connectivity index is 1.35. The molecule has 1 aromatic rings. The third-order valence-corrected chi connectivity index (χ3v) is 3.99. The van der Waals surface area contributed by atoms with E-state index in [1.165, 1.54) is 12.8 Å². The topological polar surface area (TPSA) is 73.1 Å². The molecular weight excluding hydrogens is 254 g/mol. The number of rotatable bonds is 6. The summed E-state index contributed by atoms with van der Waals surface area (Å²) in [6.45, 7) is 6.13. The van der Waals surface area contributed by atoms with Crippen LogP contribution in [0.25, 0.3) is 0 Å². The van der Waals surface area contributed by atoms with Crippen LogP contribution >= 0.6 is 0 Å². The number of hydrogen-bond donors (Lipinski definition) is 3. The molecule has 0 atom stereocenters. The van der Waals surface area contributed by atoms with Crippen molar-refractivity contribution in [1.29, 1.82) is 0 Å². The first kappa shape index (κ1) is 13.6. The first-order valence-electron chi connectivity index (χ1n) is 7.59. The predicted molar refractivity (Wildman–Crippen MR) is 76.8 cm³/mol. The van der Waals surface area contributed by atoms with E-state index in [-0.39, 0.29) is 5.91 Å². The molecule has 3 rings (SSSR count). The molecule has 2 heterocycles. The lowest BCUT2D eigenvalue weighted by atomic mass is 10.2. The second-order valence-electron chi connectivity index (χ2n) is 5.68. The molecule has 1 aliphatic heterocycles. The minimum absolute atomic E-state index is 0.0616. The van der Waals surface area contributed by atoms with Crippen molar-refractivity contribution in [1.82, 2.24) is 25.7 Å². The maximum atomic E-state index is 11.9. The van der Waals surface area contributed by atoms with Gasteiger partial charge in [0.1, 0.15) is 5.69 Å². The second-order valence-corrected chi connectivity index (χ2v) is 5.68. The van der Waals surface area contributed by atoms with Gasteiger partial charge in [0.25, 0.3) is 5.91 Å². The fraction of sp³-hybridized carbons (Fsp3) is 0.714. The molecule has 110 valence electrons. The number of carbonyl (C=O) groups is 1. The molecule has 3 N–H and O–H groups in total. The summed E-state index contributed by atoms with van der Waals surface area (Å²) in [5.41, 5.74) is 1.63. The number of H-pyrrole nitrogens is 1. The third-order valence-electron chi connectivity index (χ3n) is 3.99. The number of aromatic nitrogens is 2. The standard InChI is InChI=1S/C14H23N5O/c20-14(13-10-12(17-18-13)11-2-3-11)16-4-1-7-19-8-5-15-6-9-19/h10-11,15H,1-9H2,(H,16,20)(H,17,18). The molecule has 2 aliphatic rings. The van der Waals surface area contributed by atoms with E-state index in [0.29, 0.717) is 18.2 Å². The van der Waals surface area contributed by atoms with Gasteiger partial charge in [0, 0.05) is 44.3 Å². The second kappa shape index (κ2) is 6.37. The minimum Gasteiger partial charge on any atom is -0.351 e. The molecule has 1 aliphatic carbocycles. The molecule has 2 fully saturated rings. The van der Waals surface area contributed by atoms with Gasteiger partial charge >= 0.3 is 0 Å². The number of nitrogens with zero attached hydrogens (tertiary/aromatic N) is 2. The molecule has 0 spiro atoms. The molecule has 0 aromatic carbocycles. The van der Waals surface area contributed by atoms with Crippen molar-refractivity contribution in [2.24, 2.45) is 0 Å². The van der Waals surface area contributed by atoms with Gasteiger partial charge < -0.3 is 15.5 Å². The van der Waals surface area contributed by atoms with Crippen LogP contribution in [0.2, 0.25) is 0 Å². The van der Waals surface area contributed by atoms with E-state index in [4.69, 9.17) is 0 Å². The quantitative estimate of drug-likeness (QED) is 0.655. The molecule has 6 heteroatoms. The Labute approximate surface area is 119 Å². The molecular formula is C14H23N5O. The highest BCUT2D eigenvalue weighted by Gasteiger charge is 2.26. The Morgan fingerprint density at radius 3 is 2.95 bits per heavy atom. The highest BCUT2D eigenvalue weighted by atomic mass is 16.1. The van der Waals surface area contributed by atoms with Gasteiger partial charge in [-0.3, -0.25) is 9.89 Å². The van der Waals surface area contributed by atoms with Crippen LogP contribution in [0.3, 0.4) is 0 Å². The molecule has 1 aromatic heterocycles. The van der Waals surface area contributed by atoms with E-state index >= 15 is 0 Å². The first-order valence-corrected chi connectivity index (χ1v) is 7.59. The molecule has 1 amide bonds. The van der Waals surface area contributed by atoms with Crippen LogP contribution in [0.1, 0.15) is 41.4 Å². The largest absolute Gasteiger partial charge is 0.351 e. The zero-order valence-electron chi connectivity index (χ0n) is 11.8. The van der Waals surface area contributed by atoms with Crippen molar-refractivity contribution in [3.8, 4) is 0 Å². The fourth-order valence-electron chi connectivity index (χ4n) is 2.59. The van der Waals surface area contributed by atoms with E-state index < -0.39 is 0 Å². The van der Waals surface area contributed by atoms with Crippen LogP contribution in [0.4, 0.5) is 0 Å². The van der Waals surface area contributed by atoms with E-state index in [2.05, 4.69) is 25.7 Å². The van der Waals surface area contributed by atoms with Crippen LogP contribution in [0, 0.1) is 0 Å². The van der Waals surface area contributed by atoms with Crippen LogP contribution in [0.5, 0.6) is 0 Å². The van der Waals surface area contributed by atoms with Crippen LogP contribution in [0.15, 0.2) is 6.07 Å². The Kier molecular flexibility index (Phi) is 4.32. The summed E-state index contributed by atoms with van der Waals surface area (Å²) in [6, 6.07) is 1.89. The van der Waals surface area contributed by atoms with E-state index in [9.17, 15) is 4.79 Å². The molecule has 6 nitrogen and oxygen atoms in total. The zero-order chi connectivity index (χ0) is 13.8. The molecule has 0 unspecified atom stereocenters. The van der Waals surface area contributed by atoms with Crippen molar-refractivity contribution >= 4 is 5.91 Å². The summed E-state index contributed by atoms with van der Waals surface area (Å²) < 4.78 is 0. The highest BCUT2D eigenvalue weighted by Crippen LogP contribution is 2.38. The Morgan fingerprint density at radius 1 is 1.40 bits per heavy atom. The van der Waals surface area contributed by atoms with Crippen molar-refractivity contribution in [3.05, 3.63) is 17.5 Å². The average Bonchev–Trinajstić information content (AvgIpc) is 3.22. The molecule has 1 saturated carbocycles. The van der Waals surface area contributed by atoms with Gasteiger partial charge in [0.15, 0.2) is 0 Å². The lowest BCUT2D eigenvalue weighted by molar-refractivity contribution is 0.0946. The van der Waals surface area contributed by atoms with Crippen molar-refractivity contribution in [2.45, 2.75) is 25.2 Å². The van der Waals surface area contributed by atoms with E-state index in [1.54, 1.807) is 0 Å². The summed E-state index contributed by atoms with van der Waals surface area (Å²) >= 11 is 0. The summed E-state index contributed by atoms with van der Waals surface area (Å²) in [7, 11) is 0. The average molecular weight is 277 g/mol. The highest BCUT2D eigenvalue weighted by molar-refractivity contribution is 5.92. The van der Waals surface area contributed by atoms with E-state index in [0.717, 1.165) is 44.8 Å². The Morgan fingerprint density at radius 2 is 2.20 bits per heavy atom. The number of piperazine rings is 1. The monoisotopic (exact) mass is 277 g/mol. The number of hydrogen-bond acceptors (Lipinski definition) is 4. The van der Waals surface area contributed by atoms with Crippen LogP contribution in [-0.2, 0) is 0 Å². The maximum absolute atomic E-state index is 11.9. The van der Waals surface area contributed by atoms with Gasteiger partial charge in [-0.2, -0.15) is 5.10 Å². The maximum Gasteiger partial charge on any atom is 0.271 e. The van der Waals surface area contributed by atoms with Gasteiger partial charge in [-0.05, 0) is 31.9 Å². The van der Waals surface area contributed by atoms with Gasteiger partial charge in [-0.15, -0.1) is 0 Å². The number of amides is 1. The summed E-state index contributed by atoms with van der Waals surface area (Å²) in [6.07, 6.45) is 3.42.